The number of anilines is 1. The molecule has 0 radical (unpaired) electrons. The van der Waals surface area contributed by atoms with Gasteiger partial charge in [0.05, 0.1) is 0 Å². The molecule has 0 aromatic heterocycles. The van der Waals surface area contributed by atoms with E-state index in [0.29, 0.717) is 35.3 Å². The number of carbonyl (C=O) groups excluding carboxylic acids is 1. The number of thiocarbonyl (C=S) groups is 1. The maximum atomic E-state index is 12.2. The zero-order chi connectivity index (χ0) is 16.2. The number of benzene rings is 2. The van der Waals surface area contributed by atoms with E-state index < -0.39 is 0 Å². The molecule has 0 saturated carbocycles. The average molecular weight is 349 g/mol. The highest BCUT2D eigenvalue weighted by Gasteiger charge is 2.15. The van der Waals surface area contributed by atoms with Crippen LogP contribution in [0.4, 0.5) is 5.69 Å². The van der Waals surface area contributed by atoms with Crippen molar-refractivity contribution in [3.63, 3.8) is 0 Å². The third-order valence-corrected chi connectivity index (χ3v) is 3.59. The number of fused-ring (bicyclic) bond motifs is 1. The normalized spacial score (nSPS) is 12.4. The van der Waals surface area contributed by atoms with Crippen molar-refractivity contribution in [2.75, 3.05) is 18.5 Å². The van der Waals surface area contributed by atoms with Crippen LogP contribution in [0.25, 0.3) is 0 Å². The van der Waals surface area contributed by atoms with Gasteiger partial charge in [-0.25, -0.2) is 0 Å². The summed E-state index contributed by atoms with van der Waals surface area (Å²) in [6.45, 7) is 0.974. The summed E-state index contributed by atoms with van der Waals surface area (Å²) in [6.07, 6.45) is 0. The molecule has 0 spiro atoms. The highest BCUT2D eigenvalue weighted by Crippen LogP contribution is 2.30. The van der Waals surface area contributed by atoms with E-state index in [0.717, 1.165) is 5.69 Å². The van der Waals surface area contributed by atoms with E-state index in [4.69, 9.17) is 33.3 Å². The van der Waals surface area contributed by atoms with Crippen LogP contribution in [0.15, 0.2) is 42.5 Å². The van der Waals surface area contributed by atoms with Crippen molar-refractivity contribution in [2.24, 2.45) is 0 Å². The molecule has 0 aliphatic carbocycles. The summed E-state index contributed by atoms with van der Waals surface area (Å²) in [5, 5.41) is 6.36. The van der Waals surface area contributed by atoms with E-state index in [9.17, 15) is 4.79 Å². The number of amides is 1. The third kappa shape index (κ3) is 3.91. The van der Waals surface area contributed by atoms with Crippen molar-refractivity contribution < 1.29 is 14.3 Å². The molecule has 0 unspecified atom stereocenters. The largest absolute Gasteiger partial charge is 0.486 e. The quantitative estimate of drug-likeness (QED) is 0.816. The molecule has 0 fully saturated rings. The summed E-state index contributed by atoms with van der Waals surface area (Å²) < 4.78 is 10.9. The topological polar surface area (TPSA) is 59.6 Å². The van der Waals surface area contributed by atoms with Crippen LogP contribution in [-0.4, -0.2) is 24.2 Å². The fraction of sp³-hybridized carbons (Fsp3) is 0.125. The number of nitrogens with one attached hydrogen (secondary N) is 2. The van der Waals surface area contributed by atoms with E-state index in [1.807, 2.05) is 0 Å². The number of rotatable bonds is 2. The van der Waals surface area contributed by atoms with Crippen LogP contribution >= 0.6 is 23.8 Å². The van der Waals surface area contributed by atoms with Crippen LogP contribution in [0, 0.1) is 0 Å². The standard InChI is InChI=1S/C16H13ClN2O3S/c17-11-2-4-12(5-3-11)18-16(23)19-15(20)10-1-6-13-14(9-10)22-8-7-21-13/h1-6,9H,7-8H2,(H2,18,19,20,23). The van der Waals surface area contributed by atoms with Gasteiger partial charge in [0, 0.05) is 16.3 Å². The maximum absolute atomic E-state index is 12.2. The van der Waals surface area contributed by atoms with E-state index >= 15 is 0 Å². The zero-order valence-corrected chi connectivity index (χ0v) is 13.5. The van der Waals surface area contributed by atoms with E-state index in [1.165, 1.54) is 0 Å². The van der Waals surface area contributed by atoms with Crippen LogP contribution in [0.2, 0.25) is 5.02 Å². The molecule has 1 amide bonds. The Morgan fingerprint density at radius 1 is 1.04 bits per heavy atom. The number of ether oxygens (including phenoxy) is 2. The molecular formula is C16H13ClN2O3S. The highest BCUT2D eigenvalue weighted by molar-refractivity contribution is 7.80. The van der Waals surface area contributed by atoms with Crippen molar-refractivity contribution >= 4 is 40.5 Å². The summed E-state index contributed by atoms with van der Waals surface area (Å²) in [5.41, 5.74) is 1.18. The Balaban J connectivity index is 1.64. The second-order valence-electron chi connectivity index (χ2n) is 4.77. The number of hydrogen-bond donors (Lipinski definition) is 2. The Bertz CT molecular complexity index is 749. The van der Waals surface area contributed by atoms with E-state index in [1.54, 1.807) is 42.5 Å². The van der Waals surface area contributed by atoms with Gasteiger partial charge in [0.15, 0.2) is 16.6 Å². The Labute approximate surface area is 143 Å². The Hall–Kier alpha value is -2.31. The second-order valence-corrected chi connectivity index (χ2v) is 5.62. The molecule has 23 heavy (non-hydrogen) atoms. The van der Waals surface area contributed by atoms with Gasteiger partial charge in [0.25, 0.3) is 5.91 Å². The molecule has 0 atom stereocenters. The van der Waals surface area contributed by atoms with Crippen LogP contribution in [0.3, 0.4) is 0 Å². The molecular weight excluding hydrogens is 336 g/mol. The van der Waals surface area contributed by atoms with Gasteiger partial charge >= 0.3 is 0 Å². The van der Waals surface area contributed by atoms with Crippen molar-refractivity contribution in [3.05, 3.63) is 53.1 Å². The lowest BCUT2D eigenvalue weighted by Crippen LogP contribution is -2.34. The first-order chi connectivity index (χ1) is 11.1. The lowest BCUT2D eigenvalue weighted by atomic mass is 10.2. The lowest BCUT2D eigenvalue weighted by Gasteiger charge is -2.18. The second kappa shape index (κ2) is 6.85. The van der Waals surface area contributed by atoms with Crippen LogP contribution in [0.1, 0.15) is 10.4 Å². The van der Waals surface area contributed by atoms with Gasteiger partial charge < -0.3 is 14.8 Å². The SMILES string of the molecule is O=C(NC(=S)Nc1ccc(Cl)cc1)c1ccc2c(c1)OCCO2. The zero-order valence-electron chi connectivity index (χ0n) is 12.0. The predicted octanol–water partition coefficient (Wildman–Crippen LogP) is 3.24. The van der Waals surface area contributed by atoms with Crippen molar-refractivity contribution in [1.29, 1.82) is 0 Å². The van der Waals surface area contributed by atoms with Crippen LogP contribution < -0.4 is 20.1 Å². The Morgan fingerprint density at radius 3 is 2.48 bits per heavy atom. The summed E-state index contributed by atoms with van der Waals surface area (Å²) >= 11 is 11.0. The molecule has 0 bridgehead atoms. The molecule has 1 heterocycles. The minimum atomic E-state index is -0.326. The lowest BCUT2D eigenvalue weighted by molar-refractivity contribution is 0.0976. The molecule has 1 aliphatic rings. The van der Waals surface area contributed by atoms with Gasteiger partial charge in [0.1, 0.15) is 13.2 Å². The highest BCUT2D eigenvalue weighted by atomic mass is 35.5. The molecule has 0 saturated heterocycles. The minimum absolute atomic E-state index is 0.201. The fourth-order valence-electron chi connectivity index (χ4n) is 2.06. The maximum Gasteiger partial charge on any atom is 0.257 e. The number of carbonyl (C=O) groups is 1. The van der Waals surface area contributed by atoms with Gasteiger partial charge in [-0.3, -0.25) is 10.1 Å². The Morgan fingerprint density at radius 2 is 1.74 bits per heavy atom. The van der Waals surface area contributed by atoms with E-state index in [2.05, 4.69) is 10.6 Å². The molecule has 5 nitrogen and oxygen atoms in total. The summed E-state index contributed by atoms with van der Waals surface area (Å²) in [5.74, 6) is 0.864. The molecule has 2 N–H and O–H groups in total. The van der Waals surface area contributed by atoms with Crippen molar-refractivity contribution in [1.82, 2.24) is 5.32 Å². The third-order valence-electron chi connectivity index (χ3n) is 3.13. The summed E-state index contributed by atoms with van der Waals surface area (Å²) in [6, 6.07) is 12.0. The molecule has 2 aromatic carbocycles. The van der Waals surface area contributed by atoms with Gasteiger partial charge in [-0.2, -0.15) is 0 Å². The van der Waals surface area contributed by atoms with Gasteiger partial charge in [-0.05, 0) is 54.7 Å². The van der Waals surface area contributed by atoms with Gasteiger partial charge in [-0.15, -0.1) is 0 Å². The summed E-state index contributed by atoms with van der Waals surface area (Å²) in [7, 11) is 0. The van der Waals surface area contributed by atoms with Crippen molar-refractivity contribution in [3.8, 4) is 11.5 Å². The average Bonchev–Trinajstić information content (AvgIpc) is 2.56. The smallest absolute Gasteiger partial charge is 0.257 e. The van der Waals surface area contributed by atoms with Crippen LogP contribution in [-0.2, 0) is 0 Å². The first-order valence-corrected chi connectivity index (χ1v) is 7.68. The first-order valence-electron chi connectivity index (χ1n) is 6.89. The Kier molecular flexibility index (Phi) is 4.64. The predicted molar refractivity (Wildman–Crippen MR) is 92.6 cm³/mol. The molecule has 3 rings (SSSR count). The molecule has 118 valence electrons. The molecule has 7 heteroatoms. The van der Waals surface area contributed by atoms with Gasteiger partial charge in [-0.1, -0.05) is 11.6 Å². The van der Waals surface area contributed by atoms with Crippen LogP contribution in [0.5, 0.6) is 11.5 Å². The fourth-order valence-corrected chi connectivity index (χ4v) is 2.39. The minimum Gasteiger partial charge on any atom is -0.486 e. The monoisotopic (exact) mass is 348 g/mol. The summed E-state index contributed by atoms with van der Waals surface area (Å²) in [4.78, 5) is 12.2. The molecule has 2 aromatic rings. The van der Waals surface area contributed by atoms with E-state index in [-0.39, 0.29) is 11.0 Å². The number of hydrogen-bond acceptors (Lipinski definition) is 4. The number of halogens is 1. The van der Waals surface area contributed by atoms with Gasteiger partial charge in [0.2, 0.25) is 0 Å². The van der Waals surface area contributed by atoms with Crippen molar-refractivity contribution in [2.45, 2.75) is 0 Å². The first kappa shape index (κ1) is 15.6. The molecule has 1 aliphatic heterocycles.